The highest BCUT2D eigenvalue weighted by Crippen LogP contribution is 2.38. The Bertz CT molecular complexity index is 1020. The number of nitrogen functional groups attached to an aromatic ring is 1. The molecule has 1 aliphatic rings. The average molecular weight is 524 g/mol. The lowest BCUT2D eigenvalue weighted by atomic mass is 10.1. The van der Waals surface area contributed by atoms with E-state index in [9.17, 15) is 0 Å². The molecule has 2 aromatic heterocycles. The zero-order valence-electron chi connectivity index (χ0n) is 16.6. The van der Waals surface area contributed by atoms with Crippen LogP contribution in [0.2, 0.25) is 0 Å². The number of halogens is 1. The minimum absolute atomic E-state index is 0.416. The molecule has 9 heteroatoms. The van der Waals surface area contributed by atoms with Gasteiger partial charge in [0.25, 0.3) is 0 Å². The second-order valence-electron chi connectivity index (χ2n) is 7.38. The van der Waals surface area contributed by atoms with E-state index >= 15 is 0 Å². The smallest absolute Gasteiger partial charge is 0.175 e. The number of hydrogen-bond donors (Lipinski definition) is 2. The maximum Gasteiger partial charge on any atom is 0.175 e. The third kappa shape index (κ3) is 4.61. The number of aromatic nitrogens is 4. The molecule has 0 unspecified atom stereocenters. The van der Waals surface area contributed by atoms with Crippen LogP contribution in [-0.2, 0) is 13.0 Å². The van der Waals surface area contributed by atoms with Gasteiger partial charge in [-0.2, -0.15) is 0 Å². The highest BCUT2D eigenvalue weighted by atomic mass is 127. The van der Waals surface area contributed by atoms with Gasteiger partial charge in [0.05, 0.1) is 6.61 Å². The number of aryl methyl sites for hydroxylation is 2. The number of nitrogens with one attached hydrogen (secondary N) is 1. The van der Waals surface area contributed by atoms with Gasteiger partial charge in [-0.15, -0.1) is 0 Å². The summed E-state index contributed by atoms with van der Waals surface area (Å²) in [5, 5.41) is 4.34. The number of ether oxygens (including phenoxy) is 1. The second kappa shape index (κ2) is 9.05. The Kier molecular flexibility index (Phi) is 6.45. The van der Waals surface area contributed by atoms with Gasteiger partial charge in [-0.1, -0.05) is 25.6 Å². The lowest BCUT2D eigenvalue weighted by Gasteiger charge is -2.19. The van der Waals surface area contributed by atoms with Crippen molar-refractivity contribution in [2.24, 2.45) is 0 Å². The normalized spacial score (nSPS) is 13.7. The molecule has 3 aromatic rings. The summed E-state index contributed by atoms with van der Waals surface area (Å²) in [6.07, 6.45) is 4.64. The summed E-state index contributed by atoms with van der Waals surface area (Å²) in [7, 11) is 0. The van der Waals surface area contributed by atoms with E-state index in [0.717, 1.165) is 60.4 Å². The standard InChI is InChI=1S/C20H25IN6OS/c1-12(2)23-6-4-7-27-19-17(18(22)24-11-25-19)26-20(27)29-16-10-15-13(9-14(16)21)5-3-8-28-15/h9-12,23H,3-8H2,1-2H3,(H2,22,24,25). The summed E-state index contributed by atoms with van der Waals surface area (Å²) < 4.78 is 9.23. The van der Waals surface area contributed by atoms with Crippen molar-refractivity contribution in [2.75, 3.05) is 18.9 Å². The van der Waals surface area contributed by atoms with Crippen LogP contribution < -0.4 is 15.8 Å². The summed E-state index contributed by atoms with van der Waals surface area (Å²) in [6, 6.07) is 4.84. The fourth-order valence-corrected chi connectivity index (χ4v) is 5.17. The van der Waals surface area contributed by atoms with Crippen LogP contribution in [0.4, 0.5) is 5.82 Å². The molecule has 29 heavy (non-hydrogen) atoms. The topological polar surface area (TPSA) is 90.9 Å². The molecular formula is C20H25IN6OS. The molecule has 1 aromatic carbocycles. The van der Waals surface area contributed by atoms with Crippen molar-refractivity contribution in [3.8, 4) is 5.75 Å². The number of nitrogens with two attached hydrogens (primary N) is 1. The van der Waals surface area contributed by atoms with Crippen LogP contribution in [0.25, 0.3) is 11.2 Å². The first-order valence-corrected chi connectivity index (χ1v) is 11.8. The van der Waals surface area contributed by atoms with E-state index < -0.39 is 0 Å². The molecule has 0 aliphatic carbocycles. The van der Waals surface area contributed by atoms with Crippen LogP contribution in [0, 0.1) is 3.57 Å². The lowest BCUT2D eigenvalue weighted by Crippen LogP contribution is -2.24. The van der Waals surface area contributed by atoms with E-state index in [4.69, 9.17) is 15.5 Å². The largest absolute Gasteiger partial charge is 0.493 e. The van der Waals surface area contributed by atoms with Gasteiger partial charge in [0, 0.05) is 21.1 Å². The van der Waals surface area contributed by atoms with Crippen LogP contribution in [0.15, 0.2) is 28.5 Å². The Balaban J connectivity index is 1.66. The molecule has 4 rings (SSSR count). The Labute approximate surface area is 188 Å². The molecule has 3 N–H and O–H groups in total. The third-order valence-corrected chi connectivity index (χ3v) is 7.11. The first-order chi connectivity index (χ1) is 14.0. The van der Waals surface area contributed by atoms with E-state index in [1.165, 1.54) is 15.5 Å². The van der Waals surface area contributed by atoms with E-state index in [1.54, 1.807) is 11.8 Å². The van der Waals surface area contributed by atoms with E-state index in [0.29, 0.717) is 17.4 Å². The summed E-state index contributed by atoms with van der Waals surface area (Å²) >= 11 is 4.03. The number of rotatable bonds is 7. The summed E-state index contributed by atoms with van der Waals surface area (Å²) in [5.41, 5.74) is 8.81. The van der Waals surface area contributed by atoms with Crippen LogP contribution in [0.5, 0.6) is 5.75 Å². The highest BCUT2D eigenvalue weighted by molar-refractivity contribution is 14.1. The van der Waals surface area contributed by atoms with Crippen LogP contribution in [-0.4, -0.2) is 38.7 Å². The quantitative estimate of drug-likeness (QED) is 0.358. The van der Waals surface area contributed by atoms with Crippen LogP contribution >= 0.6 is 34.4 Å². The van der Waals surface area contributed by atoms with Crippen molar-refractivity contribution in [2.45, 2.75) is 55.7 Å². The predicted molar refractivity (Wildman–Crippen MR) is 125 cm³/mol. The maximum absolute atomic E-state index is 6.08. The molecule has 3 heterocycles. The molecule has 0 saturated heterocycles. The van der Waals surface area contributed by atoms with Crippen molar-refractivity contribution >= 4 is 51.3 Å². The average Bonchev–Trinajstić information content (AvgIpc) is 3.04. The highest BCUT2D eigenvalue weighted by Gasteiger charge is 2.19. The molecule has 0 fully saturated rings. The molecule has 0 atom stereocenters. The fourth-order valence-electron chi connectivity index (χ4n) is 3.37. The molecular weight excluding hydrogens is 499 g/mol. The van der Waals surface area contributed by atoms with Gasteiger partial charge in [-0.3, -0.25) is 0 Å². The van der Waals surface area contributed by atoms with Crippen LogP contribution in [0.3, 0.4) is 0 Å². The zero-order chi connectivity index (χ0) is 20.4. The van der Waals surface area contributed by atoms with Gasteiger partial charge in [0.2, 0.25) is 0 Å². The van der Waals surface area contributed by atoms with Crippen molar-refractivity contribution in [1.82, 2.24) is 24.8 Å². The first-order valence-electron chi connectivity index (χ1n) is 9.86. The molecule has 7 nitrogen and oxygen atoms in total. The number of anilines is 1. The van der Waals surface area contributed by atoms with Gasteiger partial charge >= 0.3 is 0 Å². The Morgan fingerprint density at radius 3 is 3.03 bits per heavy atom. The predicted octanol–water partition coefficient (Wildman–Crippen LogP) is 3.88. The first kappa shape index (κ1) is 20.7. The summed E-state index contributed by atoms with van der Waals surface area (Å²) in [4.78, 5) is 14.5. The minimum atomic E-state index is 0.416. The Morgan fingerprint density at radius 1 is 1.34 bits per heavy atom. The van der Waals surface area contributed by atoms with Gasteiger partial charge in [0.15, 0.2) is 22.1 Å². The summed E-state index contributed by atoms with van der Waals surface area (Å²) in [6.45, 7) is 6.84. The fraction of sp³-hybridized carbons (Fsp3) is 0.450. The van der Waals surface area contributed by atoms with E-state index in [-0.39, 0.29) is 0 Å². The zero-order valence-corrected chi connectivity index (χ0v) is 19.6. The lowest BCUT2D eigenvalue weighted by molar-refractivity contribution is 0.287. The number of fused-ring (bicyclic) bond motifs is 2. The number of benzene rings is 1. The Hall–Kier alpha value is -1.59. The minimum Gasteiger partial charge on any atom is -0.493 e. The van der Waals surface area contributed by atoms with Crippen molar-refractivity contribution in [3.63, 3.8) is 0 Å². The maximum atomic E-state index is 6.08. The van der Waals surface area contributed by atoms with Crippen molar-refractivity contribution in [3.05, 3.63) is 27.6 Å². The Morgan fingerprint density at radius 2 is 2.21 bits per heavy atom. The molecule has 1 aliphatic heterocycles. The molecule has 0 saturated carbocycles. The third-order valence-electron chi connectivity index (χ3n) is 4.80. The number of imidazole rings is 1. The number of nitrogens with zero attached hydrogens (tertiary/aromatic N) is 4. The molecule has 0 amide bonds. The SMILES string of the molecule is CC(C)NCCCn1c(Sc2cc3c(cc2I)CCCO3)nc2c(N)ncnc21. The monoisotopic (exact) mass is 524 g/mol. The molecule has 154 valence electrons. The molecule has 0 spiro atoms. The van der Waals surface area contributed by atoms with Gasteiger partial charge in [-0.05, 0) is 66.1 Å². The van der Waals surface area contributed by atoms with Gasteiger partial charge in [-0.25, -0.2) is 15.0 Å². The summed E-state index contributed by atoms with van der Waals surface area (Å²) in [5.74, 6) is 1.40. The number of hydrogen-bond acceptors (Lipinski definition) is 7. The van der Waals surface area contributed by atoms with Crippen LogP contribution in [0.1, 0.15) is 32.3 Å². The molecule has 0 bridgehead atoms. The second-order valence-corrected chi connectivity index (χ2v) is 9.56. The van der Waals surface area contributed by atoms with Crippen molar-refractivity contribution < 1.29 is 4.74 Å². The van der Waals surface area contributed by atoms with Gasteiger partial charge in [0.1, 0.15) is 12.1 Å². The molecule has 0 radical (unpaired) electrons. The van der Waals surface area contributed by atoms with Crippen molar-refractivity contribution in [1.29, 1.82) is 0 Å². The van der Waals surface area contributed by atoms with E-state index in [1.807, 2.05) is 0 Å². The van der Waals surface area contributed by atoms with Gasteiger partial charge < -0.3 is 20.4 Å². The van der Waals surface area contributed by atoms with E-state index in [2.05, 4.69) is 68.4 Å².